The molecule has 1 unspecified atom stereocenters. The topological polar surface area (TPSA) is 29.1 Å². The fraction of sp³-hybridized carbons (Fsp3) is 0.174. The second kappa shape index (κ2) is 8.95. The predicted octanol–water partition coefficient (Wildman–Crippen LogP) is 4.22. The van der Waals surface area contributed by atoms with E-state index in [2.05, 4.69) is 41.7 Å². The second-order valence-electron chi connectivity index (χ2n) is 6.15. The van der Waals surface area contributed by atoms with Crippen molar-refractivity contribution in [2.75, 3.05) is 6.54 Å². The van der Waals surface area contributed by atoms with Crippen molar-refractivity contribution < 1.29 is 4.79 Å². The molecular formula is C23H23NO. The molecule has 126 valence electrons. The van der Waals surface area contributed by atoms with Crippen LogP contribution >= 0.6 is 0 Å². The van der Waals surface area contributed by atoms with E-state index < -0.39 is 0 Å². The first-order valence-electron chi connectivity index (χ1n) is 8.71. The van der Waals surface area contributed by atoms with Gasteiger partial charge in [-0.25, -0.2) is 0 Å². The average molecular weight is 329 g/mol. The Bertz CT molecular complexity index is 716. The number of rotatable bonds is 8. The first-order chi connectivity index (χ1) is 12.4. The van der Waals surface area contributed by atoms with Gasteiger partial charge in [-0.2, -0.15) is 0 Å². The number of nitrogens with one attached hydrogen (secondary N) is 1. The van der Waals surface area contributed by atoms with Gasteiger partial charge in [0.15, 0.2) is 0 Å². The zero-order valence-electron chi connectivity index (χ0n) is 14.2. The lowest BCUT2D eigenvalue weighted by molar-refractivity contribution is -0.109. The van der Waals surface area contributed by atoms with Gasteiger partial charge in [-0.05, 0) is 29.7 Å². The molecule has 0 heterocycles. The van der Waals surface area contributed by atoms with Gasteiger partial charge in [-0.3, -0.25) is 0 Å². The second-order valence-corrected chi connectivity index (χ2v) is 6.15. The van der Waals surface area contributed by atoms with E-state index in [1.54, 1.807) is 0 Å². The molecule has 0 radical (unpaired) electrons. The van der Waals surface area contributed by atoms with Crippen molar-refractivity contribution in [3.8, 4) is 0 Å². The Balaban J connectivity index is 1.77. The van der Waals surface area contributed by atoms with Crippen LogP contribution < -0.4 is 5.32 Å². The summed E-state index contributed by atoms with van der Waals surface area (Å²) < 4.78 is 0. The fourth-order valence-electron chi connectivity index (χ4n) is 3.20. The van der Waals surface area contributed by atoms with Crippen LogP contribution in [0.5, 0.6) is 0 Å². The van der Waals surface area contributed by atoms with Crippen LogP contribution in [0.4, 0.5) is 0 Å². The van der Waals surface area contributed by atoms with E-state index in [1.165, 1.54) is 5.56 Å². The van der Waals surface area contributed by atoms with E-state index >= 15 is 0 Å². The standard InChI is InChI=1S/C23H23NO/c25-18-22(24-17-16-19-10-4-1-5-11-19)23(20-12-6-2-7-13-20)21-14-8-3-9-15-21/h1-15,18,22-24H,16-17H2. The lowest BCUT2D eigenvalue weighted by atomic mass is 9.85. The Labute approximate surface area is 149 Å². The third kappa shape index (κ3) is 4.65. The molecule has 0 aliphatic heterocycles. The van der Waals surface area contributed by atoms with Crippen molar-refractivity contribution in [2.45, 2.75) is 18.4 Å². The highest BCUT2D eigenvalue weighted by Crippen LogP contribution is 2.27. The number of aldehydes is 1. The number of carbonyl (C=O) groups excluding carboxylic acids is 1. The molecule has 2 heteroatoms. The van der Waals surface area contributed by atoms with Crippen molar-refractivity contribution in [1.82, 2.24) is 5.32 Å². The Kier molecular flexibility index (Phi) is 6.13. The summed E-state index contributed by atoms with van der Waals surface area (Å²) in [5, 5.41) is 3.45. The Morgan fingerprint density at radius 3 is 1.68 bits per heavy atom. The summed E-state index contributed by atoms with van der Waals surface area (Å²) in [6, 6.07) is 30.6. The van der Waals surface area contributed by atoms with Gasteiger partial charge in [-0.1, -0.05) is 91.0 Å². The minimum absolute atomic E-state index is 0.00988. The molecule has 0 fully saturated rings. The third-order valence-electron chi connectivity index (χ3n) is 4.46. The molecular weight excluding hydrogens is 306 g/mol. The smallest absolute Gasteiger partial charge is 0.137 e. The molecule has 0 saturated carbocycles. The van der Waals surface area contributed by atoms with Crippen LogP contribution in [0.3, 0.4) is 0 Å². The summed E-state index contributed by atoms with van der Waals surface area (Å²) in [5.41, 5.74) is 3.58. The van der Waals surface area contributed by atoms with Crippen molar-refractivity contribution in [3.05, 3.63) is 108 Å². The summed E-state index contributed by atoms with van der Waals surface area (Å²) in [6.07, 6.45) is 1.94. The first-order valence-corrected chi connectivity index (χ1v) is 8.71. The average Bonchev–Trinajstić information content (AvgIpc) is 2.69. The van der Waals surface area contributed by atoms with E-state index in [1.807, 2.05) is 54.6 Å². The largest absolute Gasteiger partial charge is 0.307 e. The summed E-state index contributed by atoms with van der Waals surface area (Å²) in [7, 11) is 0. The first kappa shape index (κ1) is 17.1. The van der Waals surface area contributed by atoms with Gasteiger partial charge in [-0.15, -0.1) is 0 Å². The van der Waals surface area contributed by atoms with Crippen LogP contribution in [-0.2, 0) is 11.2 Å². The molecule has 25 heavy (non-hydrogen) atoms. The van der Waals surface area contributed by atoms with Crippen LogP contribution in [0, 0.1) is 0 Å². The van der Waals surface area contributed by atoms with Gasteiger partial charge in [0.1, 0.15) is 6.29 Å². The van der Waals surface area contributed by atoms with Gasteiger partial charge in [0.05, 0.1) is 6.04 Å². The molecule has 0 aliphatic rings. The Morgan fingerprint density at radius 1 is 0.720 bits per heavy atom. The summed E-state index contributed by atoms with van der Waals surface area (Å²) in [5.74, 6) is 0.00988. The third-order valence-corrected chi connectivity index (χ3v) is 4.46. The zero-order valence-corrected chi connectivity index (χ0v) is 14.2. The van der Waals surface area contributed by atoms with Gasteiger partial charge < -0.3 is 10.1 Å². The highest BCUT2D eigenvalue weighted by atomic mass is 16.1. The van der Waals surface area contributed by atoms with E-state index in [0.717, 1.165) is 30.4 Å². The number of hydrogen-bond acceptors (Lipinski definition) is 2. The summed E-state index contributed by atoms with van der Waals surface area (Å²) in [4.78, 5) is 11.9. The maximum absolute atomic E-state index is 11.9. The van der Waals surface area contributed by atoms with Gasteiger partial charge >= 0.3 is 0 Å². The van der Waals surface area contributed by atoms with Crippen molar-refractivity contribution in [3.63, 3.8) is 0 Å². The lowest BCUT2D eigenvalue weighted by Crippen LogP contribution is -2.38. The fourth-order valence-corrected chi connectivity index (χ4v) is 3.20. The molecule has 0 aromatic heterocycles. The molecule has 0 spiro atoms. The zero-order chi connectivity index (χ0) is 17.3. The maximum Gasteiger partial charge on any atom is 0.137 e. The Hall–Kier alpha value is -2.71. The SMILES string of the molecule is O=CC(NCCc1ccccc1)C(c1ccccc1)c1ccccc1. The molecule has 0 saturated heterocycles. The molecule has 1 atom stereocenters. The van der Waals surface area contributed by atoms with Crippen molar-refractivity contribution in [2.24, 2.45) is 0 Å². The molecule has 0 amide bonds. The molecule has 3 rings (SSSR count). The van der Waals surface area contributed by atoms with E-state index in [-0.39, 0.29) is 12.0 Å². The van der Waals surface area contributed by atoms with Crippen molar-refractivity contribution >= 4 is 6.29 Å². The predicted molar refractivity (Wildman–Crippen MR) is 103 cm³/mol. The van der Waals surface area contributed by atoms with Crippen molar-refractivity contribution in [1.29, 1.82) is 0 Å². The number of hydrogen-bond donors (Lipinski definition) is 1. The van der Waals surface area contributed by atoms with Gasteiger partial charge in [0.25, 0.3) is 0 Å². The van der Waals surface area contributed by atoms with Crippen LogP contribution in [0.15, 0.2) is 91.0 Å². The van der Waals surface area contributed by atoms with Crippen LogP contribution in [0.25, 0.3) is 0 Å². The maximum atomic E-state index is 11.9. The molecule has 0 bridgehead atoms. The highest BCUT2D eigenvalue weighted by molar-refractivity contribution is 5.62. The van der Waals surface area contributed by atoms with E-state index in [9.17, 15) is 4.79 Å². The highest BCUT2D eigenvalue weighted by Gasteiger charge is 2.23. The van der Waals surface area contributed by atoms with Crippen LogP contribution in [-0.4, -0.2) is 18.9 Å². The quantitative estimate of drug-likeness (QED) is 0.627. The normalized spacial score (nSPS) is 12.0. The lowest BCUT2D eigenvalue weighted by Gasteiger charge is -2.25. The molecule has 1 N–H and O–H groups in total. The summed E-state index contributed by atoms with van der Waals surface area (Å²) >= 11 is 0. The van der Waals surface area contributed by atoms with E-state index in [0.29, 0.717) is 0 Å². The monoisotopic (exact) mass is 329 g/mol. The van der Waals surface area contributed by atoms with Crippen LogP contribution in [0.1, 0.15) is 22.6 Å². The van der Waals surface area contributed by atoms with Crippen LogP contribution in [0.2, 0.25) is 0 Å². The molecule has 3 aromatic rings. The van der Waals surface area contributed by atoms with Gasteiger partial charge in [0.2, 0.25) is 0 Å². The molecule has 0 aliphatic carbocycles. The number of benzene rings is 3. The molecule has 2 nitrogen and oxygen atoms in total. The summed E-state index contributed by atoms with van der Waals surface area (Å²) in [6.45, 7) is 0.767. The van der Waals surface area contributed by atoms with Gasteiger partial charge in [0, 0.05) is 5.92 Å². The Morgan fingerprint density at radius 2 is 1.20 bits per heavy atom. The molecule has 3 aromatic carbocycles. The van der Waals surface area contributed by atoms with E-state index in [4.69, 9.17) is 0 Å². The minimum Gasteiger partial charge on any atom is -0.307 e. The minimum atomic E-state index is -0.256. The number of carbonyl (C=O) groups is 1.